The Balaban J connectivity index is 1.44. The molecule has 0 spiro atoms. The molecule has 0 saturated heterocycles. The molecule has 1 aromatic heterocycles. The van der Waals surface area contributed by atoms with Crippen molar-refractivity contribution in [3.8, 4) is 11.5 Å². The Hall–Kier alpha value is -2.46. The molecule has 0 fully saturated rings. The monoisotopic (exact) mass is 628 g/mol. The predicted molar refractivity (Wildman–Crippen MR) is 143 cm³/mol. The number of hydrogen-bond acceptors (Lipinski definition) is 5. The Bertz CT molecular complexity index is 1400. The van der Waals surface area contributed by atoms with Gasteiger partial charge in [-0.2, -0.15) is 5.10 Å². The third-order valence-electron chi connectivity index (χ3n) is 4.70. The molecule has 0 unspecified atom stereocenters. The van der Waals surface area contributed by atoms with Crippen LogP contribution in [0.4, 0.5) is 0 Å². The lowest BCUT2D eigenvalue weighted by molar-refractivity contribution is 0.0929. The van der Waals surface area contributed by atoms with E-state index in [1.165, 1.54) is 6.21 Å². The molecular formula is C24H16Cl3IN2O4. The molecule has 10 heteroatoms. The fourth-order valence-corrected chi connectivity index (χ4v) is 4.37. The van der Waals surface area contributed by atoms with Crippen LogP contribution in [0.1, 0.15) is 21.7 Å². The summed E-state index contributed by atoms with van der Waals surface area (Å²) in [7, 11) is 1.55. The van der Waals surface area contributed by atoms with E-state index in [2.05, 4.69) is 33.1 Å². The first kappa shape index (κ1) is 24.7. The largest absolute Gasteiger partial charge is 0.493 e. The zero-order valence-electron chi connectivity index (χ0n) is 17.6. The maximum absolute atomic E-state index is 12.4. The van der Waals surface area contributed by atoms with Crippen molar-refractivity contribution in [2.45, 2.75) is 6.61 Å². The molecule has 0 bridgehead atoms. The maximum atomic E-state index is 12.4. The summed E-state index contributed by atoms with van der Waals surface area (Å²) in [6.45, 7) is 0.287. The molecule has 0 aliphatic rings. The molecule has 1 amide bonds. The number of amides is 1. The summed E-state index contributed by atoms with van der Waals surface area (Å²) < 4.78 is 17.8. The van der Waals surface area contributed by atoms with E-state index in [9.17, 15) is 4.79 Å². The van der Waals surface area contributed by atoms with Gasteiger partial charge < -0.3 is 13.9 Å². The molecule has 0 atom stereocenters. The van der Waals surface area contributed by atoms with Crippen molar-refractivity contribution in [1.82, 2.24) is 5.43 Å². The SMILES string of the molecule is COc1cc(/C=N/NC(=O)c2cc3cc(Cl)ccc3o2)cc(I)c1OCc1ccc(Cl)c(Cl)c1. The Morgan fingerprint density at radius 1 is 1.09 bits per heavy atom. The van der Waals surface area contributed by atoms with E-state index in [4.69, 9.17) is 48.7 Å². The Kier molecular flexibility index (Phi) is 7.88. The van der Waals surface area contributed by atoms with Gasteiger partial charge >= 0.3 is 5.91 Å². The van der Waals surface area contributed by atoms with E-state index in [0.717, 1.165) is 14.5 Å². The van der Waals surface area contributed by atoms with Gasteiger partial charge in [-0.25, -0.2) is 5.43 Å². The molecule has 0 saturated carbocycles. The molecule has 0 radical (unpaired) electrons. The van der Waals surface area contributed by atoms with Gasteiger partial charge in [-0.1, -0.05) is 40.9 Å². The van der Waals surface area contributed by atoms with Gasteiger partial charge in [0.05, 0.1) is 26.9 Å². The number of furan rings is 1. The van der Waals surface area contributed by atoms with Gasteiger partial charge in [0.1, 0.15) is 12.2 Å². The minimum atomic E-state index is -0.480. The van der Waals surface area contributed by atoms with Crippen molar-refractivity contribution in [3.63, 3.8) is 0 Å². The van der Waals surface area contributed by atoms with Crippen molar-refractivity contribution in [2.24, 2.45) is 5.10 Å². The fraction of sp³-hybridized carbons (Fsp3) is 0.0833. The van der Waals surface area contributed by atoms with E-state index in [-0.39, 0.29) is 12.4 Å². The number of nitrogens with one attached hydrogen (secondary N) is 1. The quantitative estimate of drug-likeness (QED) is 0.132. The molecule has 1 N–H and O–H groups in total. The van der Waals surface area contributed by atoms with Crippen LogP contribution in [0.5, 0.6) is 11.5 Å². The van der Waals surface area contributed by atoms with Gasteiger partial charge in [0, 0.05) is 10.4 Å². The van der Waals surface area contributed by atoms with Crippen LogP contribution in [0, 0.1) is 3.57 Å². The van der Waals surface area contributed by atoms with E-state index in [1.807, 2.05) is 12.1 Å². The van der Waals surface area contributed by atoms with Gasteiger partial charge in [-0.15, -0.1) is 0 Å². The number of benzene rings is 3. The number of hydrazone groups is 1. The second-order valence-corrected chi connectivity index (χ2v) is 9.48. The Morgan fingerprint density at radius 3 is 2.68 bits per heavy atom. The molecule has 3 aromatic carbocycles. The van der Waals surface area contributed by atoms with Gasteiger partial charge in [0.15, 0.2) is 17.3 Å². The first-order valence-electron chi connectivity index (χ1n) is 9.81. The minimum Gasteiger partial charge on any atom is -0.493 e. The highest BCUT2D eigenvalue weighted by Crippen LogP contribution is 2.34. The lowest BCUT2D eigenvalue weighted by Crippen LogP contribution is -2.16. The van der Waals surface area contributed by atoms with Gasteiger partial charge in [0.25, 0.3) is 0 Å². The number of rotatable bonds is 7. The molecule has 174 valence electrons. The van der Waals surface area contributed by atoms with Crippen LogP contribution in [-0.4, -0.2) is 19.2 Å². The molecule has 6 nitrogen and oxygen atoms in total. The minimum absolute atomic E-state index is 0.132. The van der Waals surface area contributed by atoms with E-state index >= 15 is 0 Å². The number of halogens is 4. The summed E-state index contributed by atoms with van der Waals surface area (Å²) in [4.78, 5) is 12.4. The molecule has 4 aromatic rings. The van der Waals surface area contributed by atoms with Crippen LogP contribution in [0.2, 0.25) is 15.1 Å². The number of carbonyl (C=O) groups is 1. The van der Waals surface area contributed by atoms with Crippen LogP contribution in [0.15, 0.2) is 64.1 Å². The summed E-state index contributed by atoms with van der Waals surface area (Å²) >= 11 is 20.2. The lowest BCUT2D eigenvalue weighted by Gasteiger charge is -2.14. The number of ether oxygens (including phenoxy) is 2. The molecular weight excluding hydrogens is 614 g/mol. The zero-order valence-corrected chi connectivity index (χ0v) is 22.0. The van der Waals surface area contributed by atoms with Crippen LogP contribution in [0.3, 0.4) is 0 Å². The fourth-order valence-electron chi connectivity index (χ4n) is 3.09. The third kappa shape index (κ3) is 5.78. The number of hydrogen-bond donors (Lipinski definition) is 1. The van der Waals surface area contributed by atoms with E-state index in [1.54, 1.807) is 49.6 Å². The highest BCUT2D eigenvalue weighted by Gasteiger charge is 2.14. The smallest absolute Gasteiger partial charge is 0.307 e. The second kappa shape index (κ2) is 10.9. The summed E-state index contributed by atoms with van der Waals surface area (Å²) in [5.41, 5.74) is 4.60. The highest BCUT2D eigenvalue weighted by atomic mass is 127. The topological polar surface area (TPSA) is 73.1 Å². The molecule has 0 aliphatic carbocycles. The van der Waals surface area contributed by atoms with Crippen molar-refractivity contribution in [2.75, 3.05) is 7.11 Å². The predicted octanol–water partition coefficient (Wildman–Crippen LogP) is 7.35. The lowest BCUT2D eigenvalue weighted by atomic mass is 10.2. The summed E-state index contributed by atoms with van der Waals surface area (Å²) in [6.07, 6.45) is 1.50. The second-order valence-electron chi connectivity index (χ2n) is 7.06. The summed E-state index contributed by atoms with van der Waals surface area (Å²) in [5.74, 6) is 0.754. The van der Waals surface area contributed by atoms with Gasteiger partial charge in [-0.05, 0) is 82.2 Å². The Labute approximate surface area is 223 Å². The standard InChI is InChI=1S/C24H16Cl3IN2O4/c1-32-21-8-14(7-19(28)23(21)33-12-13-2-4-17(26)18(27)6-13)11-29-30-24(31)22-10-15-9-16(25)3-5-20(15)34-22/h2-11H,12H2,1H3,(H,30,31)/b29-11+. The molecule has 4 rings (SSSR count). The Morgan fingerprint density at radius 2 is 1.91 bits per heavy atom. The first-order valence-corrected chi connectivity index (χ1v) is 12.0. The molecule has 0 aliphatic heterocycles. The van der Waals surface area contributed by atoms with E-state index in [0.29, 0.717) is 37.7 Å². The van der Waals surface area contributed by atoms with Crippen molar-refractivity contribution in [3.05, 3.63) is 90.1 Å². The molecule has 34 heavy (non-hydrogen) atoms. The number of carbonyl (C=O) groups excluding carboxylic acids is 1. The zero-order chi connectivity index (χ0) is 24.2. The number of nitrogens with zero attached hydrogens (tertiary/aromatic N) is 1. The van der Waals surface area contributed by atoms with Gasteiger partial charge in [0.2, 0.25) is 0 Å². The van der Waals surface area contributed by atoms with Crippen LogP contribution >= 0.6 is 57.4 Å². The van der Waals surface area contributed by atoms with Gasteiger partial charge in [-0.3, -0.25) is 4.79 Å². The highest BCUT2D eigenvalue weighted by molar-refractivity contribution is 14.1. The number of fused-ring (bicyclic) bond motifs is 1. The van der Waals surface area contributed by atoms with Crippen LogP contribution < -0.4 is 14.9 Å². The van der Waals surface area contributed by atoms with Crippen molar-refractivity contribution in [1.29, 1.82) is 0 Å². The first-order chi connectivity index (χ1) is 16.3. The summed E-state index contributed by atoms with van der Waals surface area (Å²) in [5, 5.41) is 6.27. The van der Waals surface area contributed by atoms with Crippen LogP contribution in [-0.2, 0) is 6.61 Å². The normalized spacial score (nSPS) is 11.2. The van der Waals surface area contributed by atoms with Crippen molar-refractivity contribution < 1.29 is 18.7 Å². The maximum Gasteiger partial charge on any atom is 0.307 e. The average Bonchev–Trinajstić information content (AvgIpc) is 3.23. The van der Waals surface area contributed by atoms with Crippen LogP contribution in [0.25, 0.3) is 11.0 Å². The number of methoxy groups -OCH3 is 1. The third-order valence-corrected chi connectivity index (χ3v) is 6.48. The van der Waals surface area contributed by atoms with Crippen molar-refractivity contribution >= 4 is 80.5 Å². The molecule has 1 heterocycles. The van der Waals surface area contributed by atoms with E-state index < -0.39 is 5.91 Å². The summed E-state index contributed by atoms with van der Waals surface area (Å²) in [6, 6.07) is 15.7. The average molecular weight is 630 g/mol.